The predicted molar refractivity (Wildman–Crippen MR) is 132 cm³/mol. The number of aliphatic imine (C=N–C) groups is 1. The molecule has 1 aliphatic heterocycles. The first kappa shape index (κ1) is 17.7. The molecule has 6 rings (SSSR count). The lowest BCUT2D eigenvalue weighted by atomic mass is 9.96. The second-order valence-electron chi connectivity index (χ2n) is 7.86. The number of nitrogens with one attached hydrogen (secondary N) is 1. The summed E-state index contributed by atoms with van der Waals surface area (Å²) in [7, 11) is 0. The molecule has 0 saturated carbocycles. The average Bonchev–Trinajstić information content (AvgIpc) is 2.84. The van der Waals surface area contributed by atoms with E-state index in [1.807, 2.05) is 18.5 Å². The molecule has 0 unspecified atom stereocenters. The van der Waals surface area contributed by atoms with E-state index in [1.54, 1.807) is 0 Å². The van der Waals surface area contributed by atoms with Crippen molar-refractivity contribution in [1.29, 1.82) is 0 Å². The van der Waals surface area contributed by atoms with Crippen molar-refractivity contribution < 1.29 is 0 Å². The Bertz CT molecular complexity index is 1420. The van der Waals surface area contributed by atoms with Crippen molar-refractivity contribution in [2.75, 3.05) is 10.2 Å². The van der Waals surface area contributed by atoms with Gasteiger partial charge in [0.05, 0.1) is 18.6 Å². The molecular formula is C28H21N3. The predicted octanol–water partition coefficient (Wildman–Crippen LogP) is 7.42. The van der Waals surface area contributed by atoms with Gasteiger partial charge in [0, 0.05) is 28.0 Å². The molecule has 0 spiro atoms. The maximum absolute atomic E-state index is 4.76. The van der Waals surface area contributed by atoms with Crippen molar-refractivity contribution in [3.63, 3.8) is 0 Å². The monoisotopic (exact) mass is 399 g/mol. The molecule has 0 amide bonds. The average molecular weight is 399 g/mol. The maximum Gasteiger partial charge on any atom is 0.0960 e. The van der Waals surface area contributed by atoms with Crippen molar-refractivity contribution >= 4 is 50.6 Å². The van der Waals surface area contributed by atoms with Crippen LogP contribution in [-0.2, 0) is 6.54 Å². The summed E-state index contributed by atoms with van der Waals surface area (Å²) in [4.78, 5) is 6.96. The topological polar surface area (TPSA) is 27.6 Å². The van der Waals surface area contributed by atoms with Crippen LogP contribution < -0.4 is 10.2 Å². The summed E-state index contributed by atoms with van der Waals surface area (Å²) in [6, 6.07) is 36.1. The van der Waals surface area contributed by atoms with Crippen LogP contribution in [0.2, 0.25) is 0 Å². The van der Waals surface area contributed by atoms with E-state index in [0.29, 0.717) is 0 Å². The molecule has 0 radical (unpaired) electrons. The third kappa shape index (κ3) is 3.21. The lowest BCUT2D eigenvalue weighted by Crippen LogP contribution is -2.23. The number of para-hydroxylation sites is 2. The summed E-state index contributed by atoms with van der Waals surface area (Å²) in [5.41, 5.74) is 5.67. The number of hydrogen-bond donors (Lipinski definition) is 1. The molecule has 1 N–H and O–H groups in total. The number of anilines is 3. The van der Waals surface area contributed by atoms with Crippen molar-refractivity contribution in [2.24, 2.45) is 4.99 Å². The third-order valence-electron chi connectivity index (χ3n) is 5.91. The van der Waals surface area contributed by atoms with Crippen LogP contribution in [0.15, 0.2) is 108 Å². The van der Waals surface area contributed by atoms with E-state index in [9.17, 15) is 0 Å². The number of nitrogens with zero attached hydrogens (tertiary/aromatic N) is 2. The van der Waals surface area contributed by atoms with Gasteiger partial charge in [-0.1, -0.05) is 54.6 Å². The minimum atomic E-state index is 0.806. The normalized spacial score (nSPS) is 12.8. The van der Waals surface area contributed by atoms with Crippen LogP contribution in [0.3, 0.4) is 0 Å². The number of fused-ring (bicyclic) bond motifs is 4. The Hall–Kier alpha value is -4.11. The number of benzene rings is 5. The quantitative estimate of drug-likeness (QED) is 0.320. The van der Waals surface area contributed by atoms with Gasteiger partial charge in [0.15, 0.2) is 0 Å². The van der Waals surface area contributed by atoms with Crippen LogP contribution in [0.25, 0.3) is 21.5 Å². The van der Waals surface area contributed by atoms with E-state index in [1.165, 1.54) is 27.1 Å². The molecule has 0 aromatic heterocycles. The molecule has 0 atom stereocenters. The molecule has 1 heterocycles. The molecule has 5 aromatic carbocycles. The standard InChI is InChI=1S/C28H21N3/c1-3-9-22(10-4-1)30-28-13-7-8-20-16-21-14-15-27-26(24(21)17-25(20)28)18-31(19-29-27)23-11-5-2-6-12-23/h1-17,19,30H,18H2. The third-order valence-corrected chi connectivity index (χ3v) is 5.91. The summed E-state index contributed by atoms with van der Waals surface area (Å²) in [5, 5.41) is 8.53. The van der Waals surface area contributed by atoms with Gasteiger partial charge in [-0.15, -0.1) is 0 Å². The molecule has 1 aliphatic rings. The summed E-state index contributed by atoms with van der Waals surface area (Å²) >= 11 is 0. The number of rotatable bonds is 3. The van der Waals surface area contributed by atoms with Crippen LogP contribution in [-0.4, -0.2) is 6.34 Å². The Balaban J connectivity index is 1.49. The SMILES string of the molecule is C1=Nc2ccc3cc4cccc(Nc5ccccc5)c4cc3c2CN1c1ccccc1. The molecular weight excluding hydrogens is 378 g/mol. The van der Waals surface area contributed by atoms with E-state index in [0.717, 1.165) is 29.3 Å². The van der Waals surface area contributed by atoms with Gasteiger partial charge in [-0.2, -0.15) is 0 Å². The Labute approximate surface area is 181 Å². The highest BCUT2D eigenvalue weighted by Gasteiger charge is 2.17. The summed E-state index contributed by atoms with van der Waals surface area (Å²) in [6.07, 6.45) is 1.94. The van der Waals surface area contributed by atoms with E-state index in [2.05, 4.69) is 101 Å². The second kappa shape index (κ2) is 7.29. The fraction of sp³-hybridized carbons (Fsp3) is 0.0357. The molecule has 31 heavy (non-hydrogen) atoms. The van der Waals surface area contributed by atoms with Crippen molar-refractivity contribution in [3.8, 4) is 0 Å². The van der Waals surface area contributed by atoms with E-state index >= 15 is 0 Å². The van der Waals surface area contributed by atoms with Gasteiger partial charge in [-0.25, -0.2) is 4.99 Å². The van der Waals surface area contributed by atoms with Gasteiger partial charge in [-0.3, -0.25) is 0 Å². The van der Waals surface area contributed by atoms with Gasteiger partial charge in [0.2, 0.25) is 0 Å². The molecule has 148 valence electrons. The van der Waals surface area contributed by atoms with Gasteiger partial charge < -0.3 is 10.2 Å². The molecule has 0 saturated heterocycles. The minimum absolute atomic E-state index is 0.806. The van der Waals surface area contributed by atoms with E-state index < -0.39 is 0 Å². The molecule has 3 heteroatoms. The largest absolute Gasteiger partial charge is 0.355 e. The van der Waals surface area contributed by atoms with E-state index in [-0.39, 0.29) is 0 Å². The van der Waals surface area contributed by atoms with Gasteiger partial charge in [0.1, 0.15) is 0 Å². The summed E-state index contributed by atoms with van der Waals surface area (Å²) in [6.45, 7) is 0.806. The Morgan fingerprint density at radius 2 is 1.45 bits per heavy atom. The highest BCUT2D eigenvalue weighted by molar-refractivity contribution is 6.07. The number of hydrogen-bond acceptors (Lipinski definition) is 3. The van der Waals surface area contributed by atoms with E-state index in [4.69, 9.17) is 4.99 Å². The Kier molecular flexibility index (Phi) is 4.17. The first-order chi connectivity index (χ1) is 15.3. The fourth-order valence-corrected chi connectivity index (χ4v) is 4.34. The van der Waals surface area contributed by atoms with Crippen LogP contribution in [0.4, 0.5) is 22.7 Å². The zero-order chi connectivity index (χ0) is 20.6. The van der Waals surface area contributed by atoms with Crippen LogP contribution in [0.1, 0.15) is 5.56 Å². The fourth-order valence-electron chi connectivity index (χ4n) is 4.34. The zero-order valence-electron chi connectivity index (χ0n) is 17.0. The van der Waals surface area contributed by atoms with Crippen LogP contribution >= 0.6 is 0 Å². The molecule has 5 aromatic rings. The minimum Gasteiger partial charge on any atom is -0.355 e. The van der Waals surface area contributed by atoms with Gasteiger partial charge >= 0.3 is 0 Å². The van der Waals surface area contributed by atoms with Crippen molar-refractivity contribution in [1.82, 2.24) is 0 Å². The Morgan fingerprint density at radius 3 is 2.29 bits per heavy atom. The first-order valence-electron chi connectivity index (χ1n) is 10.5. The summed E-state index contributed by atoms with van der Waals surface area (Å²) in [5.74, 6) is 0. The van der Waals surface area contributed by atoms with Crippen molar-refractivity contribution in [3.05, 3.63) is 109 Å². The van der Waals surface area contributed by atoms with Crippen molar-refractivity contribution in [2.45, 2.75) is 6.54 Å². The smallest absolute Gasteiger partial charge is 0.0960 e. The van der Waals surface area contributed by atoms with Crippen LogP contribution in [0.5, 0.6) is 0 Å². The molecule has 0 bridgehead atoms. The highest BCUT2D eigenvalue weighted by Crippen LogP contribution is 2.37. The summed E-state index contributed by atoms with van der Waals surface area (Å²) < 4.78 is 0. The van der Waals surface area contributed by atoms with Gasteiger partial charge in [-0.05, 0) is 64.7 Å². The first-order valence-corrected chi connectivity index (χ1v) is 10.5. The second-order valence-corrected chi connectivity index (χ2v) is 7.86. The van der Waals surface area contributed by atoms with Crippen LogP contribution in [0, 0.1) is 0 Å². The maximum atomic E-state index is 4.76. The zero-order valence-corrected chi connectivity index (χ0v) is 17.0. The molecule has 3 nitrogen and oxygen atoms in total. The highest BCUT2D eigenvalue weighted by atomic mass is 15.2. The molecule has 0 fully saturated rings. The Morgan fingerprint density at radius 1 is 0.677 bits per heavy atom. The van der Waals surface area contributed by atoms with Gasteiger partial charge in [0.25, 0.3) is 0 Å². The lowest BCUT2D eigenvalue weighted by molar-refractivity contribution is 1.01. The lowest BCUT2D eigenvalue weighted by Gasteiger charge is -2.25. The molecule has 0 aliphatic carbocycles.